The Bertz CT molecular complexity index is 412. The van der Waals surface area contributed by atoms with Gasteiger partial charge in [-0.15, -0.1) is 0 Å². The summed E-state index contributed by atoms with van der Waals surface area (Å²) in [6.07, 6.45) is 3.02. The van der Waals surface area contributed by atoms with Gasteiger partial charge in [0, 0.05) is 17.7 Å². The maximum atomic E-state index is 6.09. The highest BCUT2D eigenvalue weighted by atomic mass is 35.5. The summed E-state index contributed by atoms with van der Waals surface area (Å²) in [6.45, 7) is 2.32. The Labute approximate surface area is 118 Å². The summed E-state index contributed by atoms with van der Waals surface area (Å²) >= 11 is 12.1. The van der Waals surface area contributed by atoms with Gasteiger partial charge in [-0.3, -0.25) is 0 Å². The van der Waals surface area contributed by atoms with Crippen molar-refractivity contribution >= 4 is 23.2 Å². The molecule has 0 saturated carbocycles. The van der Waals surface area contributed by atoms with Gasteiger partial charge in [0.2, 0.25) is 0 Å². The van der Waals surface area contributed by atoms with Crippen molar-refractivity contribution < 1.29 is 4.74 Å². The van der Waals surface area contributed by atoms with Gasteiger partial charge in [-0.1, -0.05) is 23.2 Å². The molecule has 1 aromatic rings. The lowest BCUT2D eigenvalue weighted by Crippen LogP contribution is -2.23. The largest absolute Gasteiger partial charge is 0.493 e. The average molecular weight is 289 g/mol. The van der Waals surface area contributed by atoms with Gasteiger partial charge in [-0.2, -0.15) is 0 Å². The number of ether oxygens (including phenoxy) is 1. The number of fused-ring (bicyclic) bond motifs is 1. The van der Waals surface area contributed by atoms with Crippen LogP contribution in [0.1, 0.15) is 30.9 Å². The van der Waals surface area contributed by atoms with Crippen LogP contribution in [0, 0.1) is 0 Å². The molecule has 0 aliphatic carbocycles. The zero-order valence-corrected chi connectivity index (χ0v) is 11.7. The van der Waals surface area contributed by atoms with Crippen LogP contribution in [0.25, 0.3) is 0 Å². The zero-order valence-electron chi connectivity index (χ0n) is 10.2. The normalized spacial score (nSPS) is 18.9. The number of benzene rings is 1. The average Bonchev–Trinajstić information content (AvgIpc) is 2.54. The van der Waals surface area contributed by atoms with E-state index in [4.69, 9.17) is 33.7 Å². The fourth-order valence-corrected chi connectivity index (χ4v) is 2.48. The van der Waals surface area contributed by atoms with Gasteiger partial charge < -0.3 is 15.8 Å². The summed E-state index contributed by atoms with van der Waals surface area (Å²) in [6, 6.07) is 3.98. The van der Waals surface area contributed by atoms with Gasteiger partial charge in [0.15, 0.2) is 0 Å². The number of nitrogens with two attached hydrogens (primary N) is 1. The minimum Gasteiger partial charge on any atom is -0.493 e. The minimum absolute atomic E-state index is 0.267. The Kier molecular flexibility index (Phi) is 5.13. The molecule has 1 aromatic carbocycles. The van der Waals surface area contributed by atoms with Crippen molar-refractivity contribution in [3.8, 4) is 5.75 Å². The summed E-state index contributed by atoms with van der Waals surface area (Å²) in [5.74, 6) is 0.840. The van der Waals surface area contributed by atoms with Crippen LogP contribution in [0.15, 0.2) is 12.1 Å². The number of halogens is 2. The number of hydrogen-bond acceptors (Lipinski definition) is 3. The molecule has 5 heteroatoms. The topological polar surface area (TPSA) is 47.3 Å². The van der Waals surface area contributed by atoms with E-state index in [1.807, 2.05) is 12.1 Å². The molecular formula is C13H18Cl2N2O. The smallest absolute Gasteiger partial charge is 0.125 e. The highest BCUT2D eigenvalue weighted by molar-refractivity contribution is 6.42. The molecular weight excluding hydrogens is 271 g/mol. The zero-order chi connectivity index (χ0) is 13.0. The van der Waals surface area contributed by atoms with Crippen LogP contribution in [0.5, 0.6) is 5.75 Å². The molecule has 1 atom stereocenters. The van der Waals surface area contributed by atoms with Crippen LogP contribution in [0.4, 0.5) is 0 Å². The lowest BCUT2D eigenvalue weighted by Gasteiger charge is -2.19. The molecule has 1 heterocycles. The number of hydrogen-bond donors (Lipinski definition) is 2. The van der Waals surface area contributed by atoms with Crippen molar-refractivity contribution in [2.45, 2.75) is 25.3 Å². The first-order valence-corrected chi connectivity index (χ1v) is 7.03. The van der Waals surface area contributed by atoms with Crippen LogP contribution in [0.2, 0.25) is 10.0 Å². The van der Waals surface area contributed by atoms with Gasteiger partial charge >= 0.3 is 0 Å². The van der Waals surface area contributed by atoms with Crippen molar-refractivity contribution in [3.05, 3.63) is 27.7 Å². The third-order valence-corrected chi connectivity index (χ3v) is 3.82. The maximum absolute atomic E-state index is 6.09. The molecule has 3 N–H and O–H groups in total. The fraction of sp³-hybridized carbons (Fsp3) is 0.538. The van der Waals surface area contributed by atoms with Crippen LogP contribution < -0.4 is 15.8 Å². The second kappa shape index (κ2) is 6.62. The maximum Gasteiger partial charge on any atom is 0.125 e. The molecule has 1 aliphatic heterocycles. The highest BCUT2D eigenvalue weighted by Gasteiger charge is 2.20. The van der Waals surface area contributed by atoms with Gasteiger partial charge in [-0.25, -0.2) is 0 Å². The molecule has 0 amide bonds. The Hall–Kier alpha value is -0.480. The van der Waals surface area contributed by atoms with Crippen LogP contribution in [-0.2, 0) is 0 Å². The van der Waals surface area contributed by atoms with E-state index >= 15 is 0 Å². The van der Waals surface area contributed by atoms with E-state index in [0.29, 0.717) is 16.6 Å². The Morgan fingerprint density at radius 1 is 1.33 bits per heavy atom. The van der Waals surface area contributed by atoms with Crippen LogP contribution in [-0.4, -0.2) is 19.7 Å². The summed E-state index contributed by atoms with van der Waals surface area (Å²) in [7, 11) is 0. The molecule has 0 bridgehead atoms. The predicted molar refractivity (Wildman–Crippen MR) is 75.6 cm³/mol. The van der Waals surface area contributed by atoms with E-state index < -0.39 is 0 Å². The van der Waals surface area contributed by atoms with Crippen molar-refractivity contribution in [3.63, 3.8) is 0 Å². The Balaban J connectivity index is 2.20. The second-order valence-corrected chi connectivity index (χ2v) is 5.26. The fourth-order valence-electron chi connectivity index (χ4n) is 2.16. The van der Waals surface area contributed by atoms with E-state index in [-0.39, 0.29) is 6.04 Å². The predicted octanol–water partition coefficient (Wildman–Crippen LogP) is 3.15. The molecule has 1 unspecified atom stereocenters. The monoisotopic (exact) mass is 288 g/mol. The van der Waals surface area contributed by atoms with E-state index in [2.05, 4.69) is 5.32 Å². The number of rotatable bonds is 4. The molecule has 2 rings (SSSR count). The van der Waals surface area contributed by atoms with Gasteiger partial charge in [0.25, 0.3) is 0 Å². The van der Waals surface area contributed by atoms with E-state index in [1.165, 1.54) is 0 Å². The summed E-state index contributed by atoms with van der Waals surface area (Å²) < 4.78 is 5.71. The van der Waals surface area contributed by atoms with Crippen LogP contribution in [0.3, 0.4) is 0 Å². The van der Waals surface area contributed by atoms with E-state index in [9.17, 15) is 0 Å². The summed E-state index contributed by atoms with van der Waals surface area (Å²) in [4.78, 5) is 0. The van der Waals surface area contributed by atoms with Gasteiger partial charge in [0.1, 0.15) is 5.75 Å². The molecule has 0 saturated heterocycles. The highest BCUT2D eigenvalue weighted by Crippen LogP contribution is 2.37. The molecule has 0 aromatic heterocycles. The molecule has 100 valence electrons. The third-order valence-electron chi connectivity index (χ3n) is 3.09. The quantitative estimate of drug-likeness (QED) is 0.837. The van der Waals surface area contributed by atoms with Crippen molar-refractivity contribution in [1.29, 1.82) is 0 Å². The Morgan fingerprint density at radius 2 is 2.11 bits per heavy atom. The molecule has 0 fully saturated rings. The lowest BCUT2D eigenvalue weighted by atomic mass is 10.0. The molecule has 3 nitrogen and oxygen atoms in total. The van der Waals surface area contributed by atoms with Crippen molar-refractivity contribution in [2.75, 3.05) is 19.7 Å². The van der Waals surface area contributed by atoms with Crippen LogP contribution >= 0.6 is 23.2 Å². The van der Waals surface area contributed by atoms with Crippen molar-refractivity contribution in [2.24, 2.45) is 5.73 Å². The van der Waals surface area contributed by atoms with E-state index in [1.54, 1.807) is 0 Å². The van der Waals surface area contributed by atoms with Gasteiger partial charge in [-0.05, 0) is 38.4 Å². The first kappa shape index (κ1) is 13.9. The first-order chi connectivity index (χ1) is 8.72. The summed E-state index contributed by atoms with van der Waals surface area (Å²) in [5, 5.41) is 4.62. The summed E-state index contributed by atoms with van der Waals surface area (Å²) in [5.41, 5.74) is 6.61. The standard InChI is InChI=1S/C13H18Cl2N2O/c14-10-7-9-12(17-5-2-4-16)3-1-6-18-13(9)8-11(10)15/h7-8,12,17H,1-6,16H2. The second-order valence-electron chi connectivity index (χ2n) is 4.44. The SMILES string of the molecule is NCCCNC1CCCOc2cc(Cl)c(Cl)cc21. The first-order valence-electron chi connectivity index (χ1n) is 6.27. The molecule has 1 aliphatic rings. The molecule has 0 spiro atoms. The molecule has 18 heavy (non-hydrogen) atoms. The molecule has 0 radical (unpaired) electrons. The lowest BCUT2D eigenvalue weighted by molar-refractivity contribution is 0.315. The minimum atomic E-state index is 0.267. The van der Waals surface area contributed by atoms with E-state index in [0.717, 1.165) is 43.7 Å². The van der Waals surface area contributed by atoms with Gasteiger partial charge in [0.05, 0.1) is 16.7 Å². The third kappa shape index (κ3) is 3.29. The van der Waals surface area contributed by atoms with Crippen molar-refractivity contribution in [1.82, 2.24) is 5.32 Å². The Morgan fingerprint density at radius 3 is 2.89 bits per heavy atom. The number of nitrogens with one attached hydrogen (secondary N) is 1.